The highest BCUT2D eigenvalue weighted by Gasteiger charge is 2.44. The molecule has 1 fully saturated rings. The minimum absolute atomic E-state index is 0.0629. The summed E-state index contributed by atoms with van der Waals surface area (Å²) in [4.78, 5) is 15.7. The lowest BCUT2D eigenvalue weighted by molar-refractivity contribution is -0.122. The zero-order chi connectivity index (χ0) is 10.2. The summed E-state index contributed by atoms with van der Waals surface area (Å²) >= 11 is 5.92. The van der Waals surface area contributed by atoms with Crippen LogP contribution in [-0.2, 0) is 11.2 Å². The van der Waals surface area contributed by atoms with Crippen molar-refractivity contribution in [1.82, 2.24) is 4.98 Å². The molecular formula is C11H12ClNO. The van der Waals surface area contributed by atoms with Gasteiger partial charge in [-0.1, -0.05) is 18.5 Å². The smallest absolute Gasteiger partial charge is 0.143 e. The van der Waals surface area contributed by atoms with Gasteiger partial charge in [-0.3, -0.25) is 9.78 Å². The lowest BCUT2D eigenvalue weighted by Crippen LogP contribution is -2.14. The van der Waals surface area contributed by atoms with Crippen LogP contribution in [0.15, 0.2) is 18.5 Å². The molecule has 14 heavy (non-hydrogen) atoms. The topological polar surface area (TPSA) is 30.0 Å². The Hall–Kier alpha value is -0.890. The van der Waals surface area contributed by atoms with Crippen LogP contribution in [0.4, 0.5) is 0 Å². The van der Waals surface area contributed by atoms with Crippen LogP contribution in [0, 0.1) is 5.41 Å². The molecule has 1 aromatic rings. The first-order valence-corrected chi connectivity index (χ1v) is 5.11. The molecule has 1 saturated carbocycles. The highest BCUT2D eigenvalue weighted by atomic mass is 35.5. The molecule has 1 aromatic heterocycles. The predicted molar refractivity (Wildman–Crippen MR) is 55.3 cm³/mol. The summed E-state index contributed by atoms with van der Waals surface area (Å²) in [5.41, 5.74) is 0.826. The number of carbonyl (C=O) groups is 1. The van der Waals surface area contributed by atoms with Crippen molar-refractivity contribution >= 4 is 17.4 Å². The fourth-order valence-corrected chi connectivity index (χ4v) is 1.59. The number of carbonyl (C=O) groups excluding carboxylic acids is 1. The number of rotatable bonds is 3. The maximum atomic E-state index is 11.8. The van der Waals surface area contributed by atoms with Crippen LogP contribution in [0.3, 0.4) is 0 Å². The van der Waals surface area contributed by atoms with Gasteiger partial charge in [0.25, 0.3) is 0 Å². The van der Waals surface area contributed by atoms with E-state index in [9.17, 15) is 4.79 Å². The molecule has 1 heterocycles. The van der Waals surface area contributed by atoms with Crippen molar-refractivity contribution in [3.63, 3.8) is 0 Å². The zero-order valence-corrected chi connectivity index (χ0v) is 8.84. The lowest BCUT2D eigenvalue weighted by Gasteiger charge is -2.07. The number of pyridine rings is 1. The molecule has 74 valence electrons. The van der Waals surface area contributed by atoms with E-state index in [1.165, 1.54) is 0 Å². The standard InChI is InChI=1S/C11H12ClNO/c1-11(3-4-11)10(14)6-8-2-5-13-7-9(8)12/h2,5,7H,3-4,6H2,1H3. The van der Waals surface area contributed by atoms with E-state index in [4.69, 9.17) is 11.6 Å². The summed E-state index contributed by atoms with van der Waals surface area (Å²) < 4.78 is 0. The van der Waals surface area contributed by atoms with Gasteiger partial charge in [0.2, 0.25) is 0 Å². The summed E-state index contributed by atoms with van der Waals surface area (Å²) in [6.07, 6.45) is 5.74. The van der Waals surface area contributed by atoms with E-state index in [0.717, 1.165) is 18.4 Å². The normalized spacial score (nSPS) is 17.9. The Kier molecular flexibility index (Phi) is 2.31. The molecular weight excluding hydrogens is 198 g/mol. The monoisotopic (exact) mass is 209 g/mol. The molecule has 0 bridgehead atoms. The van der Waals surface area contributed by atoms with Gasteiger partial charge in [-0.25, -0.2) is 0 Å². The van der Waals surface area contributed by atoms with E-state index in [1.54, 1.807) is 12.4 Å². The molecule has 0 amide bonds. The van der Waals surface area contributed by atoms with E-state index in [1.807, 2.05) is 13.0 Å². The molecule has 0 aliphatic heterocycles. The fraction of sp³-hybridized carbons (Fsp3) is 0.455. The van der Waals surface area contributed by atoms with Crippen LogP contribution < -0.4 is 0 Å². The van der Waals surface area contributed by atoms with Crippen molar-refractivity contribution in [3.8, 4) is 0 Å². The summed E-state index contributed by atoms with van der Waals surface area (Å²) in [6.45, 7) is 2.02. The Morgan fingerprint density at radius 3 is 2.93 bits per heavy atom. The van der Waals surface area contributed by atoms with Gasteiger partial charge in [0.05, 0.1) is 5.02 Å². The van der Waals surface area contributed by atoms with E-state index >= 15 is 0 Å². The van der Waals surface area contributed by atoms with Crippen molar-refractivity contribution in [2.75, 3.05) is 0 Å². The quantitative estimate of drug-likeness (QED) is 0.766. The first-order chi connectivity index (χ1) is 6.62. The maximum Gasteiger partial charge on any atom is 0.143 e. The third-order valence-electron chi connectivity index (χ3n) is 2.88. The fourth-order valence-electron chi connectivity index (χ4n) is 1.40. The van der Waals surface area contributed by atoms with Crippen LogP contribution >= 0.6 is 11.6 Å². The highest BCUT2D eigenvalue weighted by Crippen LogP contribution is 2.46. The van der Waals surface area contributed by atoms with Gasteiger partial charge >= 0.3 is 0 Å². The van der Waals surface area contributed by atoms with Crippen molar-refractivity contribution in [2.45, 2.75) is 26.2 Å². The zero-order valence-electron chi connectivity index (χ0n) is 8.09. The molecule has 1 aliphatic carbocycles. The second-order valence-corrected chi connectivity index (χ2v) is 4.53. The number of ketones is 1. The van der Waals surface area contributed by atoms with E-state index < -0.39 is 0 Å². The molecule has 2 nitrogen and oxygen atoms in total. The van der Waals surface area contributed by atoms with Gasteiger partial charge in [-0.2, -0.15) is 0 Å². The average Bonchev–Trinajstić information content (AvgIpc) is 2.89. The first kappa shape index (κ1) is 9.66. The SMILES string of the molecule is CC1(C(=O)Cc2ccncc2Cl)CC1. The van der Waals surface area contributed by atoms with Gasteiger partial charge in [0, 0.05) is 24.2 Å². The summed E-state index contributed by atoms with van der Waals surface area (Å²) in [7, 11) is 0. The van der Waals surface area contributed by atoms with Crippen molar-refractivity contribution in [2.24, 2.45) is 5.41 Å². The third-order valence-corrected chi connectivity index (χ3v) is 3.22. The molecule has 0 spiro atoms. The van der Waals surface area contributed by atoms with Gasteiger partial charge in [0.15, 0.2) is 0 Å². The Balaban J connectivity index is 2.11. The Morgan fingerprint density at radius 1 is 1.64 bits per heavy atom. The van der Waals surface area contributed by atoms with Crippen molar-refractivity contribution in [3.05, 3.63) is 29.0 Å². The van der Waals surface area contributed by atoms with Gasteiger partial charge in [0.1, 0.15) is 5.78 Å². The molecule has 1 aliphatic rings. The number of hydrogen-bond donors (Lipinski definition) is 0. The van der Waals surface area contributed by atoms with Crippen molar-refractivity contribution in [1.29, 1.82) is 0 Å². The van der Waals surface area contributed by atoms with Gasteiger partial charge in [-0.05, 0) is 24.5 Å². The molecule has 2 rings (SSSR count). The molecule has 0 atom stereocenters. The molecule has 3 heteroatoms. The summed E-state index contributed by atoms with van der Waals surface area (Å²) in [5, 5.41) is 0.588. The second-order valence-electron chi connectivity index (χ2n) is 4.13. The molecule has 0 unspecified atom stereocenters. The molecule has 0 radical (unpaired) electrons. The highest BCUT2D eigenvalue weighted by molar-refractivity contribution is 6.31. The third kappa shape index (κ3) is 1.80. The largest absolute Gasteiger partial charge is 0.299 e. The molecule has 0 N–H and O–H groups in total. The number of Topliss-reactive ketones (excluding diaryl/α,β-unsaturated/α-hetero) is 1. The summed E-state index contributed by atoms with van der Waals surface area (Å²) in [5.74, 6) is 0.297. The van der Waals surface area contributed by atoms with E-state index in [0.29, 0.717) is 17.2 Å². The molecule has 0 saturated heterocycles. The van der Waals surface area contributed by atoms with E-state index in [2.05, 4.69) is 4.98 Å². The molecule has 0 aromatic carbocycles. The minimum Gasteiger partial charge on any atom is -0.299 e. The Bertz CT molecular complexity index is 371. The van der Waals surface area contributed by atoms with Gasteiger partial charge in [-0.15, -0.1) is 0 Å². The van der Waals surface area contributed by atoms with Crippen LogP contribution in [0.1, 0.15) is 25.3 Å². The number of hydrogen-bond acceptors (Lipinski definition) is 2. The van der Waals surface area contributed by atoms with E-state index in [-0.39, 0.29) is 5.41 Å². The van der Waals surface area contributed by atoms with Crippen LogP contribution in [0.2, 0.25) is 5.02 Å². The van der Waals surface area contributed by atoms with Crippen LogP contribution in [-0.4, -0.2) is 10.8 Å². The van der Waals surface area contributed by atoms with Crippen LogP contribution in [0.25, 0.3) is 0 Å². The Labute approximate surface area is 88.3 Å². The van der Waals surface area contributed by atoms with Crippen LogP contribution in [0.5, 0.6) is 0 Å². The first-order valence-electron chi connectivity index (χ1n) is 4.73. The van der Waals surface area contributed by atoms with Gasteiger partial charge < -0.3 is 0 Å². The average molecular weight is 210 g/mol. The maximum absolute atomic E-state index is 11.8. The summed E-state index contributed by atoms with van der Waals surface area (Å²) in [6, 6.07) is 1.81. The van der Waals surface area contributed by atoms with Crippen molar-refractivity contribution < 1.29 is 4.79 Å². The number of nitrogens with zero attached hydrogens (tertiary/aromatic N) is 1. The minimum atomic E-state index is -0.0629. The Morgan fingerprint density at radius 2 is 2.36 bits per heavy atom. The number of halogens is 1. The number of aromatic nitrogens is 1. The second kappa shape index (κ2) is 3.35. The lowest BCUT2D eigenvalue weighted by atomic mass is 9.98. The predicted octanol–water partition coefficient (Wildman–Crippen LogP) is 2.65.